The molecule has 36 heavy (non-hydrogen) atoms. The lowest BCUT2D eigenvalue weighted by Gasteiger charge is -2.53. The van der Waals surface area contributed by atoms with Gasteiger partial charge in [0, 0.05) is 11.3 Å². The van der Waals surface area contributed by atoms with E-state index in [0.29, 0.717) is 19.3 Å². The van der Waals surface area contributed by atoms with Crippen molar-refractivity contribution in [2.45, 2.75) is 95.2 Å². The minimum absolute atomic E-state index is 0.0901. The molecule has 1 spiro atoms. The molecule has 10 heteroatoms. The monoisotopic (exact) mass is 510 g/mol. The van der Waals surface area contributed by atoms with Gasteiger partial charge in [0.2, 0.25) is 6.29 Å². The largest absolute Gasteiger partial charge is 0.435 e. The number of hydrogen-bond donors (Lipinski definition) is 6. The fraction of sp³-hybridized carbons (Fsp3) is 0.885. The molecule has 2 bridgehead atoms. The molecule has 6 N–H and O–H groups in total. The smallest absolute Gasteiger partial charge is 0.314 e. The van der Waals surface area contributed by atoms with Gasteiger partial charge in [-0.1, -0.05) is 13.5 Å². The molecule has 2 aliphatic heterocycles. The number of fused-ring (bicyclic) bond motifs is 5. The van der Waals surface area contributed by atoms with E-state index < -0.39 is 83.9 Å². The summed E-state index contributed by atoms with van der Waals surface area (Å²) in [5.74, 6) is -1.10. The molecule has 0 unspecified atom stereocenters. The van der Waals surface area contributed by atoms with Crippen LogP contribution in [0.2, 0.25) is 0 Å². The van der Waals surface area contributed by atoms with E-state index >= 15 is 0 Å². The highest BCUT2D eigenvalue weighted by Gasteiger charge is 2.79. The summed E-state index contributed by atoms with van der Waals surface area (Å²) >= 11 is 0. The van der Waals surface area contributed by atoms with Crippen LogP contribution >= 0.6 is 0 Å². The fourth-order valence-corrected chi connectivity index (χ4v) is 9.72. The quantitative estimate of drug-likeness (QED) is 0.214. The third-order valence-corrected chi connectivity index (χ3v) is 11.3. The van der Waals surface area contributed by atoms with E-state index in [0.717, 1.165) is 18.4 Å². The zero-order valence-electron chi connectivity index (χ0n) is 20.7. The number of carbonyl (C=O) groups excluding carboxylic acids is 1. The van der Waals surface area contributed by atoms with Crippen molar-refractivity contribution in [2.75, 3.05) is 6.61 Å². The van der Waals surface area contributed by atoms with Crippen LogP contribution in [-0.4, -0.2) is 92.4 Å². The van der Waals surface area contributed by atoms with Crippen LogP contribution in [-0.2, 0) is 19.0 Å². The molecular weight excluding hydrogens is 472 g/mol. The van der Waals surface area contributed by atoms with E-state index in [-0.39, 0.29) is 17.8 Å². The summed E-state index contributed by atoms with van der Waals surface area (Å²) in [6, 6.07) is 0. The normalized spacial score (nSPS) is 59.9. The number of hydrogen-bond acceptors (Lipinski definition) is 10. The van der Waals surface area contributed by atoms with Crippen LogP contribution in [0.15, 0.2) is 12.2 Å². The van der Waals surface area contributed by atoms with Gasteiger partial charge in [0.15, 0.2) is 6.29 Å². The predicted molar refractivity (Wildman–Crippen MR) is 122 cm³/mol. The number of carbonyl (C=O) groups is 1. The Morgan fingerprint density at radius 3 is 2.47 bits per heavy atom. The van der Waals surface area contributed by atoms with Gasteiger partial charge in [-0.3, -0.25) is 4.79 Å². The Kier molecular flexibility index (Phi) is 5.56. The Hall–Kier alpha value is -1.11. The number of ether oxygens (including phenoxy) is 3. The van der Waals surface area contributed by atoms with Crippen LogP contribution in [0.25, 0.3) is 0 Å². The van der Waals surface area contributed by atoms with E-state index in [4.69, 9.17) is 14.2 Å². The predicted octanol–water partition coefficient (Wildman–Crippen LogP) is -0.567. The van der Waals surface area contributed by atoms with Gasteiger partial charge in [0.25, 0.3) is 0 Å². The van der Waals surface area contributed by atoms with Gasteiger partial charge in [-0.2, -0.15) is 0 Å². The van der Waals surface area contributed by atoms with Gasteiger partial charge in [-0.25, -0.2) is 0 Å². The molecule has 6 rings (SSSR count). The molecule has 10 nitrogen and oxygen atoms in total. The number of aliphatic hydroxyl groups excluding tert-OH is 6. The first-order valence-electron chi connectivity index (χ1n) is 13.1. The Morgan fingerprint density at radius 2 is 1.78 bits per heavy atom. The average molecular weight is 511 g/mol. The van der Waals surface area contributed by atoms with Crippen molar-refractivity contribution in [1.29, 1.82) is 0 Å². The van der Waals surface area contributed by atoms with Crippen molar-refractivity contribution in [3.63, 3.8) is 0 Å². The molecule has 6 fully saturated rings. The van der Waals surface area contributed by atoms with E-state index in [1.54, 1.807) is 0 Å². The van der Waals surface area contributed by atoms with E-state index in [1.165, 1.54) is 0 Å². The highest BCUT2D eigenvalue weighted by molar-refractivity contribution is 5.79. The zero-order valence-corrected chi connectivity index (χ0v) is 20.7. The van der Waals surface area contributed by atoms with Crippen LogP contribution in [0.5, 0.6) is 0 Å². The Labute approximate surface area is 209 Å². The molecule has 4 saturated carbocycles. The molecule has 0 aromatic heterocycles. The van der Waals surface area contributed by atoms with Gasteiger partial charge in [-0.15, -0.1) is 0 Å². The molecule has 0 amide bonds. The zero-order chi connectivity index (χ0) is 25.9. The van der Waals surface area contributed by atoms with Gasteiger partial charge in [0.1, 0.15) is 24.4 Å². The lowest BCUT2D eigenvalue weighted by molar-refractivity contribution is -0.318. The van der Waals surface area contributed by atoms with Crippen LogP contribution in [0.3, 0.4) is 0 Å². The van der Waals surface area contributed by atoms with Gasteiger partial charge < -0.3 is 44.8 Å². The number of rotatable bonds is 3. The van der Waals surface area contributed by atoms with E-state index in [9.17, 15) is 35.4 Å². The topological polar surface area (TPSA) is 166 Å². The molecule has 2 saturated heterocycles. The van der Waals surface area contributed by atoms with Crippen LogP contribution in [0.1, 0.15) is 46.0 Å². The SMILES string of the molecule is C=C1[C@@H]2CC[C@H]3[C@]4(C)[C@@H](CC[C@@]5(C)C(=O)O[C@H](O)[C@@H]45)[C@H](O)[C@]3(C2)[C@H]1O[C@@H]1O[C@H](CO)[C@@H](O)[C@H](O)[C@H]1O. The summed E-state index contributed by atoms with van der Waals surface area (Å²) < 4.78 is 17.4. The lowest BCUT2D eigenvalue weighted by Crippen LogP contribution is -2.61. The summed E-state index contributed by atoms with van der Waals surface area (Å²) in [7, 11) is 0. The van der Waals surface area contributed by atoms with Crippen molar-refractivity contribution >= 4 is 5.97 Å². The number of cyclic esters (lactones) is 1. The van der Waals surface area contributed by atoms with Crippen molar-refractivity contribution < 1.29 is 49.6 Å². The van der Waals surface area contributed by atoms with Crippen LogP contribution < -0.4 is 0 Å². The third-order valence-electron chi connectivity index (χ3n) is 11.3. The first-order valence-corrected chi connectivity index (χ1v) is 13.1. The standard InChI is InChI=1S/C26H38O10/c1-10-11-4-5-14-25(3)12(6-7-24(2)18(25)21(32)36-23(24)33)19(31)26(14,8-11)20(10)35-22-17(30)16(29)15(28)13(9-27)34-22/h11-22,27-32H,1,4-9H2,2-3H3/t11-,12+,13-,14+,15-,16+,17-,18-,19+,20+,21+,22+,24-,25+,26-/m1/s1. The van der Waals surface area contributed by atoms with Gasteiger partial charge in [0.05, 0.1) is 24.2 Å². The highest BCUT2D eigenvalue weighted by Crippen LogP contribution is 2.77. The maximum Gasteiger partial charge on any atom is 0.314 e. The summed E-state index contributed by atoms with van der Waals surface area (Å²) in [5, 5.41) is 63.8. The Bertz CT molecular complexity index is 955. The van der Waals surface area contributed by atoms with Crippen molar-refractivity contribution in [3.8, 4) is 0 Å². The molecule has 0 radical (unpaired) electrons. The molecular formula is C26H38O10. The average Bonchev–Trinajstić information content (AvgIpc) is 3.29. The summed E-state index contributed by atoms with van der Waals surface area (Å²) in [4.78, 5) is 12.8. The highest BCUT2D eigenvalue weighted by atomic mass is 16.7. The Balaban J connectivity index is 1.40. The molecule has 4 aliphatic carbocycles. The maximum atomic E-state index is 12.8. The van der Waals surface area contributed by atoms with Crippen molar-refractivity contribution in [2.24, 2.45) is 39.9 Å². The van der Waals surface area contributed by atoms with Crippen LogP contribution in [0.4, 0.5) is 0 Å². The van der Waals surface area contributed by atoms with E-state index in [1.807, 2.05) is 6.92 Å². The summed E-state index contributed by atoms with van der Waals surface area (Å²) in [6.45, 7) is 7.68. The molecule has 2 heterocycles. The third kappa shape index (κ3) is 2.82. The second kappa shape index (κ2) is 7.95. The van der Waals surface area contributed by atoms with Crippen molar-refractivity contribution in [3.05, 3.63) is 12.2 Å². The molecule has 6 aliphatic rings. The lowest BCUT2D eigenvalue weighted by atomic mass is 9.49. The Morgan fingerprint density at radius 1 is 1.06 bits per heavy atom. The summed E-state index contributed by atoms with van der Waals surface area (Å²) in [6.07, 6.45) is -6.53. The first-order chi connectivity index (χ1) is 16.9. The number of esters is 1. The second-order valence-corrected chi connectivity index (χ2v) is 12.6. The number of aliphatic hydroxyl groups is 6. The first kappa shape index (κ1) is 25.2. The molecule has 202 valence electrons. The second-order valence-electron chi connectivity index (χ2n) is 12.6. The molecule has 0 aromatic rings. The van der Waals surface area contributed by atoms with Crippen LogP contribution in [0, 0.1) is 39.9 Å². The van der Waals surface area contributed by atoms with Gasteiger partial charge in [-0.05, 0) is 67.8 Å². The minimum Gasteiger partial charge on any atom is -0.435 e. The molecule has 15 atom stereocenters. The van der Waals surface area contributed by atoms with Gasteiger partial charge >= 0.3 is 5.97 Å². The van der Waals surface area contributed by atoms with E-state index in [2.05, 4.69) is 13.5 Å². The molecule has 0 aromatic carbocycles. The van der Waals surface area contributed by atoms with Crippen molar-refractivity contribution in [1.82, 2.24) is 0 Å². The minimum atomic E-state index is -1.57. The maximum absolute atomic E-state index is 12.8. The fourth-order valence-electron chi connectivity index (χ4n) is 9.72. The summed E-state index contributed by atoms with van der Waals surface area (Å²) in [5.41, 5.74) is -1.44.